The van der Waals surface area contributed by atoms with Gasteiger partial charge in [-0.2, -0.15) is 0 Å². The highest BCUT2D eigenvalue weighted by Gasteiger charge is 2.27. The van der Waals surface area contributed by atoms with Gasteiger partial charge < -0.3 is 21.1 Å². The molecule has 0 bridgehead atoms. The first kappa shape index (κ1) is 6.71. The number of nitrogens with one attached hydrogen (secondary N) is 4. The topological polar surface area (TPSA) is 94.4 Å². The summed E-state index contributed by atoms with van der Waals surface area (Å²) in [5.41, 5.74) is 6.23. The van der Waals surface area contributed by atoms with Crippen molar-refractivity contribution in [2.24, 2.45) is 5.73 Å². The minimum absolute atomic E-state index is 0.392. The van der Waals surface area contributed by atoms with Crippen molar-refractivity contribution in [1.29, 1.82) is 0 Å². The molecule has 0 amide bonds. The van der Waals surface area contributed by atoms with E-state index in [4.69, 9.17) is 5.73 Å². The van der Waals surface area contributed by atoms with Crippen LogP contribution in [0.2, 0.25) is 0 Å². The van der Waals surface area contributed by atoms with Crippen molar-refractivity contribution < 1.29 is 5.11 Å². The average molecular weight is 157 g/mol. The summed E-state index contributed by atoms with van der Waals surface area (Å²) in [6.07, 6.45) is -1.09. The third kappa shape index (κ3) is 1.01. The Hall–Kier alpha value is -0.980. The second kappa shape index (κ2) is 2.26. The van der Waals surface area contributed by atoms with Crippen LogP contribution in [0.3, 0.4) is 0 Å². The highest BCUT2D eigenvalue weighted by Crippen LogP contribution is 2.08. The molecular weight excluding hydrogens is 146 g/mol. The number of nitrogens with two attached hydrogens (primary N) is 1. The maximum atomic E-state index is 9.36. The summed E-state index contributed by atoms with van der Waals surface area (Å²) >= 11 is 0. The van der Waals surface area contributed by atoms with E-state index in [0.29, 0.717) is 6.67 Å². The van der Waals surface area contributed by atoms with Crippen LogP contribution in [-0.4, -0.2) is 24.3 Å². The molecule has 2 unspecified atom stereocenters. The van der Waals surface area contributed by atoms with Crippen molar-refractivity contribution in [1.82, 2.24) is 21.3 Å². The van der Waals surface area contributed by atoms with E-state index < -0.39 is 12.5 Å². The van der Waals surface area contributed by atoms with Crippen LogP contribution in [0.4, 0.5) is 0 Å². The first-order valence-corrected chi connectivity index (χ1v) is 3.45. The van der Waals surface area contributed by atoms with E-state index in [0.717, 1.165) is 11.5 Å². The Morgan fingerprint density at radius 1 is 1.45 bits per heavy atom. The lowest BCUT2D eigenvalue weighted by Gasteiger charge is -2.27. The summed E-state index contributed by atoms with van der Waals surface area (Å²) in [6.45, 7) is 0.628. The maximum absolute atomic E-state index is 9.36. The van der Waals surface area contributed by atoms with E-state index in [-0.39, 0.29) is 0 Å². The van der Waals surface area contributed by atoms with Crippen molar-refractivity contribution in [3.63, 3.8) is 0 Å². The van der Waals surface area contributed by atoms with Crippen LogP contribution in [0.15, 0.2) is 11.5 Å². The molecule has 0 saturated heterocycles. The normalized spacial score (nSPS) is 35.5. The molecule has 6 heteroatoms. The van der Waals surface area contributed by atoms with Gasteiger partial charge in [-0.1, -0.05) is 0 Å². The van der Waals surface area contributed by atoms with Gasteiger partial charge in [0, 0.05) is 0 Å². The van der Waals surface area contributed by atoms with E-state index in [9.17, 15) is 5.11 Å². The molecular formula is C5H11N5O. The van der Waals surface area contributed by atoms with E-state index in [1.807, 2.05) is 0 Å². The largest absolute Gasteiger partial charge is 0.373 e. The number of aliphatic hydroxyl groups is 1. The van der Waals surface area contributed by atoms with E-state index in [1.54, 1.807) is 0 Å². The summed E-state index contributed by atoms with van der Waals surface area (Å²) in [6, 6.07) is 0. The van der Waals surface area contributed by atoms with Crippen LogP contribution in [0.5, 0.6) is 0 Å². The molecule has 0 aromatic heterocycles. The van der Waals surface area contributed by atoms with Crippen LogP contribution in [0.25, 0.3) is 0 Å². The van der Waals surface area contributed by atoms with E-state index in [2.05, 4.69) is 21.3 Å². The molecule has 0 spiro atoms. The number of aliphatic hydroxyl groups excluding tert-OH is 1. The Labute approximate surface area is 63.8 Å². The third-order valence-electron chi connectivity index (χ3n) is 1.72. The van der Waals surface area contributed by atoms with Crippen molar-refractivity contribution in [3.05, 3.63) is 11.5 Å². The molecule has 2 rings (SSSR count). The molecule has 0 fully saturated rings. The zero-order chi connectivity index (χ0) is 7.84. The Kier molecular flexibility index (Phi) is 1.38. The van der Waals surface area contributed by atoms with Gasteiger partial charge in [-0.15, -0.1) is 0 Å². The molecule has 11 heavy (non-hydrogen) atoms. The van der Waals surface area contributed by atoms with Gasteiger partial charge in [0.25, 0.3) is 0 Å². The first-order chi connectivity index (χ1) is 5.27. The van der Waals surface area contributed by atoms with Crippen molar-refractivity contribution in [2.45, 2.75) is 12.5 Å². The van der Waals surface area contributed by atoms with Gasteiger partial charge in [-0.05, 0) is 0 Å². The SMILES string of the molecule is NC1NC2=C(NCN2)C(O)N1. The molecule has 2 atom stereocenters. The second-order valence-corrected chi connectivity index (χ2v) is 2.51. The number of hydrogen-bond acceptors (Lipinski definition) is 6. The standard InChI is InChI=1S/C5H11N5O/c6-5-9-3-2(4(11)10-5)7-1-8-3/h4-5,7-11H,1,6H2. The highest BCUT2D eigenvalue weighted by molar-refractivity contribution is 5.20. The fourth-order valence-electron chi connectivity index (χ4n) is 1.22. The van der Waals surface area contributed by atoms with Gasteiger partial charge in [0.05, 0.1) is 12.4 Å². The molecule has 2 aliphatic rings. The van der Waals surface area contributed by atoms with Crippen LogP contribution >= 0.6 is 0 Å². The summed E-state index contributed by atoms with van der Waals surface area (Å²) < 4.78 is 0. The fourth-order valence-corrected chi connectivity index (χ4v) is 1.22. The molecule has 0 aliphatic carbocycles. The lowest BCUT2D eigenvalue weighted by atomic mass is 10.3. The molecule has 0 saturated carbocycles. The summed E-state index contributed by atoms with van der Waals surface area (Å²) in [5.74, 6) is 0.781. The molecule has 2 heterocycles. The first-order valence-electron chi connectivity index (χ1n) is 3.45. The van der Waals surface area contributed by atoms with Crippen LogP contribution in [-0.2, 0) is 0 Å². The Morgan fingerprint density at radius 3 is 3.09 bits per heavy atom. The van der Waals surface area contributed by atoms with Crippen LogP contribution < -0.4 is 27.0 Å². The minimum Gasteiger partial charge on any atom is -0.373 e. The average Bonchev–Trinajstić information content (AvgIpc) is 2.34. The van der Waals surface area contributed by atoms with Crippen LogP contribution in [0.1, 0.15) is 0 Å². The lowest BCUT2D eigenvalue weighted by molar-refractivity contribution is 0.134. The summed E-state index contributed by atoms with van der Waals surface area (Å²) in [5, 5.41) is 21.0. The quantitative estimate of drug-likeness (QED) is 0.225. The number of rotatable bonds is 0. The molecule has 0 aromatic rings. The zero-order valence-corrected chi connectivity index (χ0v) is 5.89. The predicted octanol–water partition coefficient (Wildman–Crippen LogP) is -2.94. The second-order valence-electron chi connectivity index (χ2n) is 2.51. The van der Waals surface area contributed by atoms with Gasteiger partial charge in [0.15, 0.2) is 6.23 Å². The van der Waals surface area contributed by atoms with E-state index >= 15 is 0 Å². The fraction of sp³-hybridized carbons (Fsp3) is 0.600. The van der Waals surface area contributed by atoms with Crippen molar-refractivity contribution >= 4 is 0 Å². The maximum Gasteiger partial charge on any atom is 0.151 e. The smallest absolute Gasteiger partial charge is 0.151 e. The molecule has 6 nitrogen and oxygen atoms in total. The Morgan fingerprint density at radius 2 is 2.27 bits per heavy atom. The van der Waals surface area contributed by atoms with Crippen molar-refractivity contribution in [3.8, 4) is 0 Å². The van der Waals surface area contributed by atoms with Crippen molar-refractivity contribution in [2.75, 3.05) is 6.67 Å². The lowest BCUT2D eigenvalue weighted by Crippen LogP contribution is -2.58. The highest BCUT2D eigenvalue weighted by atomic mass is 16.3. The molecule has 0 aromatic carbocycles. The van der Waals surface area contributed by atoms with E-state index in [1.165, 1.54) is 0 Å². The monoisotopic (exact) mass is 157 g/mol. The van der Waals surface area contributed by atoms with Gasteiger partial charge in [0.1, 0.15) is 12.1 Å². The molecule has 62 valence electrons. The van der Waals surface area contributed by atoms with Gasteiger partial charge in [-0.3, -0.25) is 11.1 Å². The molecule has 0 radical (unpaired) electrons. The van der Waals surface area contributed by atoms with Gasteiger partial charge in [-0.25, -0.2) is 0 Å². The summed E-state index contributed by atoms with van der Waals surface area (Å²) in [7, 11) is 0. The Bertz CT molecular complexity index is 203. The molecule has 7 N–H and O–H groups in total. The van der Waals surface area contributed by atoms with Gasteiger partial charge >= 0.3 is 0 Å². The summed E-state index contributed by atoms with van der Waals surface area (Å²) in [4.78, 5) is 0. The Balaban J connectivity index is 2.21. The third-order valence-corrected chi connectivity index (χ3v) is 1.72. The molecule has 2 aliphatic heterocycles. The number of hydrogen-bond donors (Lipinski definition) is 6. The predicted molar refractivity (Wildman–Crippen MR) is 38.4 cm³/mol. The van der Waals surface area contributed by atoms with Gasteiger partial charge in [0.2, 0.25) is 0 Å². The van der Waals surface area contributed by atoms with Crippen LogP contribution in [0, 0.1) is 0 Å². The zero-order valence-electron chi connectivity index (χ0n) is 5.89. The minimum atomic E-state index is -0.698.